The Bertz CT molecular complexity index is 528. The molecular formula is C19H27ClO4. The van der Waals surface area contributed by atoms with Gasteiger partial charge >= 0.3 is 0 Å². The number of hydrogen-bond donors (Lipinski definition) is 0. The number of ether oxygens (including phenoxy) is 2. The number of carbonyl (C=O) groups excluding carboxylic acids is 2. The molecule has 1 rings (SSSR count). The van der Waals surface area contributed by atoms with Gasteiger partial charge in [0.1, 0.15) is 23.1 Å². The molecule has 0 fully saturated rings. The first kappa shape index (κ1) is 20.5. The average molecular weight is 355 g/mol. The van der Waals surface area contributed by atoms with Crippen molar-refractivity contribution in [1.82, 2.24) is 0 Å². The lowest BCUT2D eigenvalue weighted by Gasteiger charge is -2.10. The molecular weight excluding hydrogens is 328 g/mol. The number of unbranched alkanes of at least 4 members (excludes halogenated alkanes) is 4. The minimum absolute atomic E-state index is 0.0210. The number of halogens is 1. The molecule has 0 heterocycles. The Morgan fingerprint density at radius 2 is 1.67 bits per heavy atom. The van der Waals surface area contributed by atoms with Crippen LogP contribution in [0.25, 0.3) is 0 Å². The molecule has 4 nitrogen and oxygen atoms in total. The van der Waals surface area contributed by atoms with Gasteiger partial charge in [-0.25, -0.2) is 0 Å². The van der Waals surface area contributed by atoms with Gasteiger partial charge in [-0.3, -0.25) is 9.59 Å². The van der Waals surface area contributed by atoms with Crippen LogP contribution in [-0.4, -0.2) is 25.3 Å². The molecule has 0 saturated heterocycles. The van der Waals surface area contributed by atoms with E-state index in [0.717, 1.165) is 32.1 Å². The summed E-state index contributed by atoms with van der Waals surface area (Å²) >= 11 is 6.11. The van der Waals surface area contributed by atoms with Gasteiger partial charge in [-0.05, 0) is 38.8 Å². The average Bonchev–Trinajstić information content (AvgIpc) is 2.53. The molecule has 0 N–H and O–H groups in total. The van der Waals surface area contributed by atoms with Crippen molar-refractivity contribution in [3.05, 3.63) is 23.2 Å². The van der Waals surface area contributed by atoms with Crippen LogP contribution in [0, 0.1) is 5.92 Å². The molecule has 1 aromatic rings. The Morgan fingerprint density at radius 1 is 1.04 bits per heavy atom. The minimum Gasteiger partial charge on any atom is -0.497 e. The van der Waals surface area contributed by atoms with Crippen LogP contribution in [0.15, 0.2) is 18.2 Å². The Hall–Kier alpha value is -1.55. The first-order valence-electron chi connectivity index (χ1n) is 8.43. The Balaban J connectivity index is 2.12. The van der Waals surface area contributed by atoms with Crippen molar-refractivity contribution in [1.29, 1.82) is 0 Å². The summed E-state index contributed by atoms with van der Waals surface area (Å²) in [5, 5.41) is 0.550. The minimum atomic E-state index is -0.412. The van der Waals surface area contributed by atoms with E-state index in [-0.39, 0.29) is 11.6 Å². The van der Waals surface area contributed by atoms with Crippen molar-refractivity contribution in [2.24, 2.45) is 5.92 Å². The molecule has 134 valence electrons. The van der Waals surface area contributed by atoms with Crippen molar-refractivity contribution in [2.45, 2.75) is 52.4 Å². The molecule has 0 atom stereocenters. The van der Waals surface area contributed by atoms with Gasteiger partial charge in [0.15, 0.2) is 0 Å². The van der Waals surface area contributed by atoms with Crippen LogP contribution in [0.1, 0.15) is 52.4 Å². The first-order chi connectivity index (χ1) is 11.5. The quantitative estimate of drug-likeness (QED) is 0.397. The Kier molecular flexibility index (Phi) is 9.46. The highest BCUT2D eigenvalue weighted by Gasteiger charge is 2.18. The molecule has 24 heavy (non-hydrogen) atoms. The fraction of sp³-hybridized carbons (Fsp3) is 0.579. The van der Waals surface area contributed by atoms with E-state index >= 15 is 0 Å². The highest BCUT2D eigenvalue weighted by Crippen LogP contribution is 2.28. The summed E-state index contributed by atoms with van der Waals surface area (Å²) in [6.07, 6.45) is 5.68. The fourth-order valence-electron chi connectivity index (χ4n) is 2.58. The molecule has 0 radical (unpaired) electrons. The zero-order chi connectivity index (χ0) is 17.9. The predicted octanol–water partition coefficient (Wildman–Crippen LogP) is 4.86. The van der Waals surface area contributed by atoms with Crippen LogP contribution < -0.4 is 9.47 Å². The second-order valence-corrected chi connectivity index (χ2v) is 6.38. The van der Waals surface area contributed by atoms with E-state index < -0.39 is 5.92 Å². The third-order valence-corrected chi connectivity index (χ3v) is 4.31. The molecule has 0 saturated carbocycles. The molecule has 0 bridgehead atoms. The predicted molar refractivity (Wildman–Crippen MR) is 96.1 cm³/mol. The zero-order valence-electron chi connectivity index (χ0n) is 14.8. The number of benzene rings is 1. The molecule has 1 aromatic carbocycles. The maximum absolute atomic E-state index is 11.3. The molecule has 0 spiro atoms. The second-order valence-electron chi connectivity index (χ2n) is 5.98. The van der Waals surface area contributed by atoms with Crippen LogP contribution >= 0.6 is 11.6 Å². The summed E-state index contributed by atoms with van der Waals surface area (Å²) < 4.78 is 10.8. The van der Waals surface area contributed by atoms with E-state index in [9.17, 15) is 9.59 Å². The van der Waals surface area contributed by atoms with E-state index in [0.29, 0.717) is 29.5 Å². The summed E-state index contributed by atoms with van der Waals surface area (Å²) in [6, 6.07) is 5.36. The molecule has 0 aliphatic rings. The lowest BCUT2D eigenvalue weighted by atomic mass is 9.94. The van der Waals surface area contributed by atoms with Gasteiger partial charge in [0.05, 0.1) is 24.7 Å². The number of Topliss-reactive ketones (excluding diaryl/α,β-unsaturated/α-hetero) is 2. The van der Waals surface area contributed by atoms with Crippen molar-refractivity contribution >= 4 is 23.2 Å². The molecule has 0 amide bonds. The summed E-state index contributed by atoms with van der Waals surface area (Å²) in [4.78, 5) is 22.7. The van der Waals surface area contributed by atoms with Crippen LogP contribution in [-0.2, 0) is 9.59 Å². The lowest BCUT2D eigenvalue weighted by molar-refractivity contribution is -0.130. The smallest absolute Gasteiger partial charge is 0.140 e. The van der Waals surface area contributed by atoms with Crippen LogP contribution in [0.4, 0.5) is 0 Å². The van der Waals surface area contributed by atoms with E-state index in [1.165, 1.54) is 13.8 Å². The molecule has 5 heteroatoms. The molecule has 0 unspecified atom stereocenters. The monoisotopic (exact) mass is 354 g/mol. The lowest BCUT2D eigenvalue weighted by Crippen LogP contribution is -2.19. The van der Waals surface area contributed by atoms with E-state index in [1.807, 2.05) is 12.1 Å². The number of hydrogen-bond acceptors (Lipinski definition) is 4. The number of carbonyl (C=O) groups is 2. The summed E-state index contributed by atoms with van der Waals surface area (Å²) in [7, 11) is 1.60. The number of rotatable bonds is 12. The van der Waals surface area contributed by atoms with Crippen molar-refractivity contribution in [3.63, 3.8) is 0 Å². The zero-order valence-corrected chi connectivity index (χ0v) is 15.5. The van der Waals surface area contributed by atoms with Gasteiger partial charge in [0, 0.05) is 6.07 Å². The third-order valence-electron chi connectivity index (χ3n) is 4.02. The van der Waals surface area contributed by atoms with Gasteiger partial charge in [-0.2, -0.15) is 0 Å². The summed E-state index contributed by atoms with van der Waals surface area (Å²) in [5.74, 6) is 0.926. The standard InChI is InChI=1S/C19H27ClO4/c1-14(21)17(15(2)22)9-7-5-4-6-8-12-24-19-11-10-16(23-3)13-18(19)20/h10-11,13,17H,4-9,12H2,1-3H3. The van der Waals surface area contributed by atoms with E-state index in [1.54, 1.807) is 13.2 Å². The number of methoxy groups -OCH3 is 1. The van der Waals surface area contributed by atoms with Gasteiger partial charge < -0.3 is 9.47 Å². The third kappa shape index (κ3) is 7.35. The Morgan fingerprint density at radius 3 is 2.25 bits per heavy atom. The van der Waals surface area contributed by atoms with Crippen molar-refractivity contribution < 1.29 is 19.1 Å². The second kappa shape index (κ2) is 11.1. The van der Waals surface area contributed by atoms with Crippen LogP contribution in [0.5, 0.6) is 11.5 Å². The van der Waals surface area contributed by atoms with E-state index in [4.69, 9.17) is 21.1 Å². The SMILES string of the molecule is COc1ccc(OCCCCCCCC(C(C)=O)C(C)=O)c(Cl)c1. The number of ketones is 2. The van der Waals surface area contributed by atoms with Crippen LogP contribution in [0.2, 0.25) is 5.02 Å². The maximum atomic E-state index is 11.3. The van der Waals surface area contributed by atoms with Crippen molar-refractivity contribution in [3.8, 4) is 11.5 Å². The van der Waals surface area contributed by atoms with Gasteiger partial charge in [0.2, 0.25) is 0 Å². The molecule has 0 aliphatic carbocycles. The Labute approximate surface area is 149 Å². The summed E-state index contributed by atoms with van der Waals surface area (Å²) in [6.45, 7) is 3.61. The fourth-order valence-corrected chi connectivity index (χ4v) is 2.81. The summed E-state index contributed by atoms with van der Waals surface area (Å²) in [5.41, 5.74) is 0. The highest BCUT2D eigenvalue weighted by molar-refractivity contribution is 6.32. The molecule has 0 aromatic heterocycles. The van der Waals surface area contributed by atoms with Gasteiger partial charge in [-0.1, -0.05) is 37.3 Å². The normalized spacial score (nSPS) is 10.7. The maximum Gasteiger partial charge on any atom is 0.140 e. The molecule has 0 aliphatic heterocycles. The van der Waals surface area contributed by atoms with Crippen LogP contribution in [0.3, 0.4) is 0 Å². The van der Waals surface area contributed by atoms with Gasteiger partial charge in [0.25, 0.3) is 0 Å². The van der Waals surface area contributed by atoms with E-state index in [2.05, 4.69) is 0 Å². The topological polar surface area (TPSA) is 52.6 Å². The van der Waals surface area contributed by atoms with Crippen molar-refractivity contribution in [2.75, 3.05) is 13.7 Å². The van der Waals surface area contributed by atoms with Gasteiger partial charge in [-0.15, -0.1) is 0 Å². The highest BCUT2D eigenvalue weighted by atomic mass is 35.5. The largest absolute Gasteiger partial charge is 0.497 e. The first-order valence-corrected chi connectivity index (χ1v) is 8.80.